The van der Waals surface area contributed by atoms with Crippen LogP contribution in [0.2, 0.25) is 0 Å². The van der Waals surface area contributed by atoms with E-state index in [-0.39, 0.29) is 5.91 Å². The number of aromatic nitrogens is 2. The zero-order chi connectivity index (χ0) is 25.0. The highest BCUT2D eigenvalue weighted by atomic mass is 16.5. The Kier molecular flexibility index (Phi) is 6.75. The Balaban J connectivity index is 1.13. The maximum Gasteiger partial charge on any atom is 0.251 e. The van der Waals surface area contributed by atoms with Crippen molar-refractivity contribution in [3.63, 3.8) is 0 Å². The Bertz CT molecular complexity index is 1390. The van der Waals surface area contributed by atoms with Crippen LogP contribution in [0, 0.1) is 0 Å². The van der Waals surface area contributed by atoms with E-state index in [0.717, 1.165) is 65.8 Å². The van der Waals surface area contributed by atoms with Crippen molar-refractivity contribution in [3.8, 4) is 17.0 Å². The highest BCUT2D eigenvalue weighted by Gasteiger charge is 2.14. The minimum atomic E-state index is -0.0331. The summed E-state index contributed by atoms with van der Waals surface area (Å²) in [6, 6.07) is 18.0. The molecule has 4 aromatic rings. The van der Waals surface area contributed by atoms with E-state index in [0.29, 0.717) is 18.8 Å². The van der Waals surface area contributed by atoms with Gasteiger partial charge in [-0.1, -0.05) is 6.42 Å². The second-order valence-electron chi connectivity index (χ2n) is 9.65. The number of hydrogen-bond acceptors (Lipinski definition) is 6. The molecule has 3 N–H and O–H groups in total. The minimum absolute atomic E-state index is 0.0331. The van der Waals surface area contributed by atoms with Gasteiger partial charge in [0.25, 0.3) is 5.91 Å². The highest BCUT2D eigenvalue weighted by Crippen LogP contribution is 2.31. The number of nitrogens with zero attached hydrogens (tertiary/aromatic N) is 3. The Hall–Kier alpha value is -3.88. The Morgan fingerprint density at radius 1 is 1.03 bits per heavy atom. The number of amides is 1. The molecule has 6 rings (SSSR count). The molecule has 0 radical (unpaired) electrons. The number of piperidine rings is 1. The number of rotatable bonds is 7. The van der Waals surface area contributed by atoms with Gasteiger partial charge in [-0.2, -0.15) is 0 Å². The average Bonchev–Trinajstić information content (AvgIpc) is 3.45. The molecular weight excluding hydrogens is 464 g/mol. The number of carbonyl (C=O) groups is 1. The van der Waals surface area contributed by atoms with Gasteiger partial charge in [-0.3, -0.25) is 14.5 Å². The Morgan fingerprint density at radius 2 is 1.89 bits per heavy atom. The van der Waals surface area contributed by atoms with Crippen molar-refractivity contribution in [2.75, 3.05) is 38.2 Å². The third-order valence-corrected chi connectivity index (χ3v) is 7.14. The topological polar surface area (TPSA) is 82.9 Å². The van der Waals surface area contributed by atoms with Gasteiger partial charge in [0.05, 0.1) is 11.4 Å². The molecule has 2 aliphatic rings. The molecule has 2 aromatic heterocycles. The van der Waals surface area contributed by atoms with Gasteiger partial charge in [-0.15, -0.1) is 0 Å². The number of imidazole rings is 1. The van der Waals surface area contributed by atoms with Crippen molar-refractivity contribution < 1.29 is 9.53 Å². The van der Waals surface area contributed by atoms with Crippen LogP contribution in [0.15, 0.2) is 67.0 Å². The number of anilines is 2. The molecule has 0 unspecified atom stereocenters. The number of nitrogens with one attached hydrogen (secondary N) is 3. The molecule has 2 aromatic carbocycles. The van der Waals surface area contributed by atoms with Crippen LogP contribution in [0.3, 0.4) is 0 Å². The number of fused-ring (bicyclic) bond motifs is 2. The molecule has 1 saturated heterocycles. The average molecular weight is 497 g/mol. The summed E-state index contributed by atoms with van der Waals surface area (Å²) in [6.45, 7) is 5.21. The molecule has 0 bridgehead atoms. The first-order valence-corrected chi connectivity index (χ1v) is 13.1. The number of ether oxygens (including phenoxy) is 1. The number of benzene rings is 2. The molecule has 2 aliphatic heterocycles. The van der Waals surface area contributed by atoms with Crippen LogP contribution in [0.25, 0.3) is 16.9 Å². The summed E-state index contributed by atoms with van der Waals surface area (Å²) in [7, 11) is 0. The van der Waals surface area contributed by atoms with Gasteiger partial charge in [0.15, 0.2) is 5.65 Å². The van der Waals surface area contributed by atoms with Gasteiger partial charge >= 0.3 is 0 Å². The van der Waals surface area contributed by atoms with Crippen molar-refractivity contribution in [2.45, 2.75) is 25.8 Å². The molecule has 0 atom stereocenters. The van der Waals surface area contributed by atoms with Crippen LogP contribution in [0.1, 0.15) is 35.2 Å². The molecule has 37 heavy (non-hydrogen) atoms. The standard InChI is InChI=1S/C29H32N6O2/c36-29(32-12-16-34-14-2-1-3-15-34)21-4-7-24(8-5-21)33-25-9-10-26(35-17-13-31-28(25)35)22-6-11-27-23(18-22)19-30-20-37-27/h4-11,13,17-18,30,33H,1-3,12,14-16,19-20H2,(H,32,36). The van der Waals surface area contributed by atoms with Crippen LogP contribution >= 0.6 is 0 Å². The smallest absolute Gasteiger partial charge is 0.251 e. The first-order valence-electron chi connectivity index (χ1n) is 13.1. The molecule has 0 aliphatic carbocycles. The first-order chi connectivity index (χ1) is 18.2. The first kappa shape index (κ1) is 23.5. The minimum Gasteiger partial charge on any atom is -0.478 e. The molecule has 4 heterocycles. The molecule has 1 amide bonds. The summed E-state index contributed by atoms with van der Waals surface area (Å²) in [5.74, 6) is 0.899. The van der Waals surface area contributed by atoms with Crippen molar-refractivity contribution in [3.05, 3.63) is 78.1 Å². The summed E-state index contributed by atoms with van der Waals surface area (Å²) in [6.07, 6.45) is 7.63. The zero-order valence-electron chi connectivity index (χ0n) is 20.9. The lowest BCUT2D eigenvalue weighted by Crippen LogP contribution is -2.37. The lowest BCUT2D eigenvalue weighted by molar-refractivity contribution is 0.0946. The van der Waals surface area contributed by atoms with E-state index in [1.807, 2.05) is 48.8 Å². The van der Waals surface area contributed by atoms with Crippen molar-refractivity contribution in [2.24, 2.45) is 0 Å². The zero-order valence-corrected chi connectivity index (χ0v) is 20.9. The largest absolute Gasteiger partial charge is 0.478 e. The Morgan fingerprint density at radius 3 is 2.76 bits per heavy atom. The third-order valence-electron chi connectivity index (χ3n) is 7.14. The van der Waals surface area contributed by atoms with E-state index < -0.39 is 0 Å². The predicted octanol–water partition coefficient (Wildman–Crippen LogP) is 4.40. The summed E-state index contributed by atoms with van der Waals surface area (Å²) in [4.78, 5) is 19.6. The second kappa shape index (κ2) is 10.6. The van der Waals surface area contributed by atoms with Gasteiger partial charge in [0.2, 0.25) is 0 Å². The predicted molar refractivity (Wildman–Crippen MR) is 145 cm³/mol. The van der Waals surface area contributed by atoms with E-state index in [2.05, 4.69) is 48.4 Å². The van der Waals surface area contributed by atoms with Crippen LogP contribution in [0.5, 0.6) is 5.75 Å². The summed E-state index contributed by atoms with van der Waals surface area (Å²) >= 11 is 0. The van der Waals surface area contributed by atoms with Crippen LogP contribution in [-0.2, 0) is 6.54 Å². The molecule has 8 heteroatoms. The molecule has 8 nitrogen and oxygen atoms in total. The number of likely N-dealkylation sites (tertiary alicyclic amines) is 1. The molecular formula is C29H32N6O2. The van der Waals surface area contributed by atoms with E-state index in [1.54, 1.807) is 0 Å². The van der Waals surface area contributed by atoms with Crippen molar-refractivity contribution in [1.82, 2.24) is 24.9 Å². The van der Waals surface area contributed by atoms with Crippen LogP contribution in [0.4, 0.5) is 11.4 Å². The molecule has 1 fully saturated rings. The molecule has 0 saturated carbocycles. The van der Waals surface area contributed by atoms with Gasteiger partial charge in [-0.25, -0.2) is 4.98 Å². The van der Waals surface area contributed by atoms with Gasteiger partial charge in [-0.05, 0) is 86.1 Å². The number of pyridine rings is 1. The SMILES string of the molecule is O=C(NCCN1CCCCC1)c1ccc(Nc2ccc(-c3ccc4c(c3)CNCO4)n3ccnc23)cc1. The lowest BCUT2D eigenvalue weighted by Gasteiger charge is -2.26. The fourth-order valence-electron chi connectivity index (χ4n) is 5.15. The molecule has 190 valence electrons. The van der Waals surface area contributed by atoms with Crippen LogP contribution < -0.4 is 20.7 Å². The summed E-state index contributed by atoms with van der Waals surface area (Å²) < 4.78 is 7.76. The van der Waals surface area contributed by atoms with E-state index in [4.69, 9.17) is 4.74 Å². The van der Waals surface area contributed by atoms with Gasteiger partial charge < -0.3 is 20.3 Å². The Labute approximate surface area is 216 Å². The second-order valence-corrected chi connectivity index (χ2v) is 9.65. The monoisotopic (exact) mass is 496 g/mol. The van der Waals surface area contributed by atoms with Crippen molar-refractivity contribution in [1.29, 1.82) is 0 Å². The fraction of sp³-hybridized carbons (Fsp3) is 0.310. The summed E-state index contributed by atoms with van der Waals surface area (Å²) in [5, 5.41) is 9.76. The maximum atomic E-state index is 12.6. The third kappa shape index (κ3) is 5.16. The van der Waals surface area contributed by atoms with Crippen LogP contribution in [-0.4, -0.2) is 53.1 Å². The van der Waals surface area contributed by atoms with Gasteiger partial charge in [0, 0.05) is 48.8 Å². The van der Waals surface area contributed by atoms with E-state index in [1.165, 1.54) is 19.3 Å². The maximum absolute atomic E-state index is 12.6. The fourth-order valence-corrected chi connectivity index (χ4v) is 5.15. The number of carbonyl (C=O) groups excluding carboxylic acids is 1. The lowest BCUT2D eigenvalue weighted by atomic mass is 10.1. The summed E-state index contributed by atoms with van der Waals surface area (Å²) in [5.41, 5.74) is 6.62. The van der Waals surface area contributed by atoms with Crippen molar-refractivity contribution >= 4 is 22.9 Å². The quantitative estimate of drug-likeness (QED) is 0.352. The van der Waals surface area contributed by atoms with E-state index >= 15 is 0 Å². The highest BCUT2D eigenvalue weighted by molar-refractivity contribution is 5.94. The van der Waals surface area contributed by atoms with Gasteiger partial charge in [0.1, 0.15) is 12.5 Å². The molecule has 0 spiro atoms. The van der Waals surface area contributed by atoms with E-state index in [9.17, 15) is 4.79 Å². The normalized spacial score (nSPS) is 15.7. The number of hydrogen-bond donors (Lipinski definition) is 3.